The van der Waals surface area contributed by atoms with Gasteiger partial charge in [-0.1, -0.05) is 39.0 Å². The second kappa shape index (κ2) is 11.8. The minimum absolute atomic E-state index is 0.0279. The van der Waals surface area contributed by atoms with Crippen LogP contribution in [-0.2, 0) is 17.2 Å². The number of carbonyl (C=O) groups excluding carboxylic acids is 2. The van der Waals surface area contributed by atoms with Crippen molar-refractivity contribution < 1.29 is 14.3 Å². The zero-order valence-electron chi connectivity index (χ0n) is 26.2. The smallest absolute Gasteiger partial charge is 0.290 e. The van der Waals surface area contributed by atoms with Crippen molar-refractivity contribution in [1.82, 2.24) is 19.7 Å². The number of hydrogen-bond donors (Lipinski definition) is 2. The fourth-order valence-corrected chi connectivity index (χ4v) is 5.62. The Morgan fingerprint density at radius 2 is 1.78 bits per heavy atom. The monoisotopic (exact) mass is 607 g/mol. The molecule has 0 bridgehead atoms. The van der Waals surface area contributed by atoms with Crippen LogP contribution in [0.2, 0.25) is 0 Å². The molecule has 1 fully saturated rings. The summed E-state index contributed by atoms with van der Waals surface area (Å²) in [5.74, 6) is 0.240. The second-order valence-corrected chi connectivity index (χ2v) is 12.4. The lowest BCUT2D eigenvalue weighted by atomic mass is 9.86. The predicted octanol–water partition coefficient (Wildman–Crippen LogP) is 4.69. The van der Waals surface area contributed by atoms with Crippen LogP contribution in [0.4, 0.5) is 22.9 Å². The van der Waals surface area contributed by atoms with Crippen LogP contribution < -0.4 is 21.1 Å². The van der Waals surface area contributed by atoms with Gasteiger partial charge < -0.3 is 20.3 Å². The number of nitrogens with zero attached hydrogens (tertiary/aromatic N) is 5. The lowest BCUT2D eigenvalue weighted by Gasteiger charge is -2.32. The first-order valence-corrected chi connectivity index (χ1v) is 15.0. The van der Waals surface area contributed by atoms with Crippen molar-refractivity contribution in [1.29, 1.82) is 0 Å². The van der Waals surface area contributed by atoms with Gasteiger partial charge in [0.15, 0.2) is 0 Å². The number of carbonyl (C=O) groups is 2. The van der Waals surface area contributed by atoms with Gasteiger partial charge in [0.25, 0.3) is 17.4 Å². The van der Waals surface area contributed by atoms with Gasteiger partial charge in [-0.2, -0.15) is 5.10 Å². The predicted molar refractivity (Wildman–Crippen MR) is 174 cm³/mol. The van der Waals surface area contributed by atoms with Gasteiger partial charge in [-0.05, 0) is 59.9 Å². The molecule has 6 rings (SSSR count). The number of rotatable bonds is 5. The van der Waals surface area contributed by atoms with Crippen LogP contribution in [0.25, 0.3) is 11.3 Å². The maximum absolute atomic E-state index is 13.7. The standard InChI is InChI=1S/C34H37N7O4/c1-21-24(7-6-8-29(21)41-20-36-26-17-23(34(2,3)4)10-11-25(26)32(41)43)27-18-28(33(44)39(5)38-27)37-30-12-9-22(19-35-30)31(42)40-13-15-45-16-14-40/h6-12,17-19,36H,13-16,20H2,1-5H3,(H,35,37). The Hall–Kier alpha value is -5.03. The number of benzene rings is 2. The summed E-state index contributed by atoms with van der Waals surface area (Å²) in [5, 5.41) is 11.0. The highest BCUT2D eigenvalue weighted by atomic mass is 16.5. The lowest BCUT2D eigenvalue weighted by molar-refractivity contribution is 0.0302. The summed E-state index contributed by atoms with van der Waals surface area (Å²) in [7, 11) is 1.59. The first-order chi connectivity index (χ1) is 21.5. The van der Waals surface area contributed by atoms with Gasteiger partial charge in [0.2, 0.25) is 0 Å². The fraction of sp³-hybridized carbons (Fsp3) is 0.324. The van der Waals surface area contributed by atoms with Crippen LogP contribution >= 0.6 is 0 Å². The first kappa shape index (κ1) is 30.0. The summed E-state index contributed by atoms with van der Waals surface area (Å²) in [6.07, 6.45) is 1.51. The minimum Gasteiger partial charge on any atom is -0.378 e. The molecular formula is C34H37N7O4. The molecule has 0 unspecified atom stereocenters. The molecular weight excluding hydrogens is 570 g/mol. The van der Waals surface area contributed by atoms with E-state index in [2.05, 4.69) is 47.6 Å². The molecule has 0 aliphatic carbocycles. The molecule has 2 aliphatic rings. The van der Waals surface area contributed by atoms with Gasteiger partial charge in [-0.25, -0.2) is 9.67 Å². The third-order valence-electron chi connectivity index (χ3n) is 8.30. The average Bonchev–Trinajstić information content (AvgIpc) is 3.03. The SMILES string of the molecule is Cc1c(-c2cc(Nc3ccc(C(=O)N4CCOCC4)cn3)c(=O)n(C)n2)cccc1N1CNc2cc(C(C)(C)C)ccc2C1=O. The normalized spacial score (nSPS) is 15.0. The number of anilines is 4. The van der Waals surface area contributed by atoms with Gasteiger partial charge in [-0.15, -0.1) is 0 Å². The van der Waals surface area contributed by atoms with Crippen LogP contribution in [-0.4, -0.2) is 64.5 Å². The van der Waals surface area contributed by atoms with Crippen molar-refractivity contribution in [2.24, 2.45) is 7.05 Å². The van der Waals surface area contributed by atoms with Gasteiger partial charge in [-0.3, -0.25) is 19.3 Å². The molecule has 2 aromatic carbocycles. The summed E-state index contributed by atoms with van der Waals surface area (Å²) < 4.78 is 6.61. The van der Waals surface area contributed by atoms with Crippen LogP contribution in [0.3, 0.4) is 0 Å². The van der Waals surface area contributed by atoms with E-state index in [0.717, 1.165) is 28.1 Å². The Balaban J connectivity index is 1.26. The second-order valence-electron chi connectivity index (χ2n) is 12.4. The van der Waals surface area contributed by atoms with Crippen molar-refractivity contribution in [3.8, 4) is 11.3 Å². The zero-order chi connectivity index (χ0) is 31.9. The number of fused-ring (bicyclic) bond motifs is 1. The number of nitrogens with one attached hydrogen (secondary N) is 2. The van der Waals surface area contributed by atoms with Crippen LogP contribution in [0.15, 0.2) is 65.6 Å². The minimum atomic E-state index is -0.329. The Morgan fingerprint density at radius 1 is 1.00 bits per heavy atom. The maximum Gasteiger partial charge on any atom is 0.290 e. The average molecular weight is 608 g/mol. The van der Waals surface area contributed by atoms with Crippen molar-refractivity contribution in [2.45, 2.75) is 33.1 Å². The van der Waals surface area contributed by atoms with Crippen molar-refractivity contribution >= 4 is 34.7 Å². The van der Waals surface area contributed by atoms with Crippen molar-refractivity contribution in [2.75, 3.05) is 48.5 Å². The quantitative estimate of drug-likeness (QED) is 0.335. The fourth-order valence-electron chi connectivity index (χ4n) is 5.62. The summed E-state index contributed by atoms with van der Waals surface area (Å²) in [5.41, 5.74) is 5.96. The molecule has 2 amide bonds. The van der Waals surface area contributed by atoms with E-state index in [1.165, 1.54) is 10.9 Å². The zero-order valence-corrected chi connectivity index (χ0v) is 26.2. The van der Waals surface area contributed by atoms with E-state index in [9.17, 15) is 14.4 Å². The van der Waals surface area contributed by atoms with E-state index in [0.29, 0.717) is 55.6 Å². The summed E-state index contributed by atoms with van der Waals surface area (Å²) in [6, 6.07) is 16.7. The molecule has 11 nitrogen and oxygen atoms in total. The molecule has 2 N–H and O–H groups in total. The number of pyridine rings is 1. The highest BCUT2D eigenvalue weighted by Crippen LogP contribution is 2.35. The van der Waals surface area contributed by atoms with Crippen molar-refractivity contribution in [3.05, 3.63) is 93.4 Å². The largest absolute Gasteiger partial charge is 0.378 e. The number of hydrogen-bond acceptors (Lipinski definition) is 8. The molecule has 0 saturated carbocycles. The Kier molecular flexibility index (Phi) is 7.88. The molecule has 0 spiro atoms. The number of ether oxygens (including phenoxy) is 1. The summed E-state index contributed by atoms with van der Waals surface area (Å²) in [4.78, 5) is 47.4. The Labute approximate surface area is 261 Å². The van der Waals surface area contributed by atoms with Gasteiger partial charge >= 0.3 is 0 Å². The lowest BCUT2D eigenvalue weighted by Crippen LogP contribution is -2.40. The van der Waals surface area contributed by atoms with E-state index >= 15 is 0 Å². The molecule has 4 heterocycles. The van der Waals surface area contributed by atoms with Crippen LogP contribution in [0.1, 0.15) is 52.6 Å². The molecule has 1 saturated heterocycles. The molecule has 45 heavy (non-hydrogen) atoms. The van der Waals surface area contributed by atoms with Crippen LogP contribution in [0.5, 0.6) is 0 Å². The highest BCUT2D eigenvalue weighted by Gasteiger charge is 2.28. The molecule has 0 radical (unpaired) electrons. The molecule has 232 valence electrons. The molecule has 11 heteroatoms. The Bertz CT molecular complexity index is 1840. The van der Waals surface area contributed by atoms with Gasteiger partial charge in [0, 0.05) is 43.3 Å². The number of amides is 2. The third-order valence-corrected chi connectivity index (χ3v) is 8.30. The van der Waals surface area contributed by atoms with Crippen molar-refractivity contribution in [3.63, 3.8) is 0 Å². The number of aromatic nitrogens is 3. The van der Waals surface area contributed by atoms with Gasteiger partial charge in [0.05, 0.1) is 36.7 Å². The van der Waals surface area contributed by atoms with E-state index in [-0.39, 0.29) is 28.5 Å². The van der Waals surface area contributed by atoms with Gasteiger partial charge in [0.1, 0.15) is 11.5 Å². The molecule has 0 atom stereocenters. The van der Waals surface area contributed by atoms with E-state index in [1.54, 1.807) is 35.0 Å². The van der Waals surface area contributed by atoms with E-state index < -0.39 is 0 Å². The molecule has 2 aliphatic heterocycles. The summed E-state index contributed by atoms with van der Waals surface area (Å²) in [6.45, 7) is 10.9. The number of aryl methyl sites for hydroxylation is 1. The van der Waals surface area contributed by atoms with E-state index in [1.807, 2.05) is 37.3 Å². The molecule has 4 aromatic rings. The van der Waals surface area contributed by atoms with Crippen LogP contribution in [0, 0.1) is 6.92 Å². The highest BCUT2D eigenvalue weighted by molar-refractivity contribution is 6.12. The maximum atomic E-state index is 13.7. The Morgan fingerprint density at radius 3 is 2.49 bits per heavy atom. The van der Waals surface area contributed by atoms with E-state index in [4.69, 9.17) is 4.74 Å². The first-order valence-electron chi connectivity index (χ1n) is 15.0. The topological polar surface area (TPSA) is 122 Å². The summed E-state index contributed by atoms with van der Waals surface area (Å²) >= 11 is 0. The molecule has 2 aromatic heterocycles. The third kappa shape index (κ3) is 5.91. The number of morpholine rings is 1.